The lowest BCUT2D eigenvalue weighted by Crippen LogP contribution is -2.50. The maximum absolute atomic E-state index is 12.2. The number of carbonyl (C=O) groups excluding carboxylic acids is 1. The number of likely N-dealkylation sites (N-methyl/N-ethyl adjacent to an activating group) is 1. The van der Waals surface area contributed by atoms with Crippen molar-refractivity contribution in [2.45, 2.75) is 37.8 Å². The molecule has 17 heavy (non-hydrogen) atoms. The Morgan fingerprint density at radius 3 is 2.82 bits per heavy atom. The normalized spacial score (nSPS) is 24.6. The molecule has 1 saturated carbocycles. The maximum Gasteiger partial charge on any atom is 0.257 e. The van der Waals surface area contributed by atoms with E-state index >= 15 is 0 Å². The Morgan fingerprint density at radius 1 is 1.53 bits per heavy atom. The highest BCUT2D eigenvalue weighted by Gasteiger charge is 2.29. The third-order valence-corrected chi connectivity index (χ3v) is 3.55. The number of hydrogen-bond acceptors (Lipinski definition) is 3. The number of nitrogens with zero attached hydrogens (tertiary/aromatic N) is 3. The molecule has 5 heteroatoms. The molecule has 5 nitrogen and oxygen atoms in total. The largest absolute Gasteiger partial charge is 0.337 e. The predicted molar refractivity (Wildman–Crippen MR) is 65.5 cm³/mol. The van der Waals surface area contributed by atoms with Crippen molar-refractivity contribution in [2.24, 2.45) is 12.8 Å². The standard InChI is InChI=1S/C12H20N4O/c1-15-8-9(7-14-15)12(17)16(2)11-6-4-3-5-10(11)13/h7-8,10-11H,3-6,13H2,1-2H3. The molecule has 1 fully saturated rings. The summed E-state index contributed by atoms with van der Waals surface area (Å²) in [6.45, 7) is 0. The van der Waals surface area contributed by atoms with Gasteiger partial charge in [0.2, 0.25) is 0 Å². The third-order valence-electron chi connectivity index (χ3n) is 3.55. The minimum absolute atomic E-state index is 0.0143. The number of hydrogen-bond donors (Lipinski definition) is 1. The van der Waals surface area contributed by atoms with Gasteiger partial charge in [0.1, 0.15) is 0 Å². The van der Waals surface area contributed by atoms with E-state index in [2.05, 4.69) is 5.10 Å². The van der Waals surface area contributed by atoms with Gasteiger partial charge in [-0.05, 0) is 12.8 Å². The van der Waals surface area contributed by atoms with Crippen LogP contribution in [0, 0.1) is 0 Å². The van der Waals surface area contributed by atoms with Gasteiger partial charge in [0.05, 0.1) is 11.8 Å². The molecule has 94 valence electrons. The first-order valence-corrected chi connectivity index (χ1v) is 6.11. The fourth-order valence-corrected chi connectivity index (χ4v) is 2.51. The van der Waals surface area contributed by atoms with Crippen molar-refractivity contribution in [3.63, 3.8) is 0 Å². The fraction of sp³-hybridized carbons (Fsp3) is 0.667. The van der Waals surface area contributed by atoms with Crippen molar-refractivity contribution in [1.82, 2.24) is 14.7 Å². The Balaban J connectivity index is 2.08. The Bertz CT molecular complexity index is 401. The van der Waals surface area contributed by atoms with Gasteiger partial charge in [0.15, 0.2) is 0 Å². The Hall–Kier alpha value is -1.36. The summed E-state index contributed by atoms with van der Waals surface area (Å²) in [6.07, 6.45) is 7.69. The molecule has 1 amide bonds. The number of amides is 1. The fourth-order valence-electron chi connectivity index (χ4n) is 2.51. The monoisotopic (exact) mass is 236 g/mol. The van der Waals surface area contributed by atoms with Crippen LogP contribution in [0.25, 0.3) is 0 Å². The molecule has 2 N–H and O–H groups in total. The van der Waals surface area contributed by atoms with E-state index in [0.29, 0.717) is 5.56 Å². The zero-order valence-corrected chi connectivity index (χ0v) is 10.5. The van der Waals surface area contributed by atoms with Crippen LogP contribution in [0.3, 0.4) is 0 Å². The van der Waals surface area contributed by atoms with Crippen LogP contribution in [0.1, 0.15) is 36.0 Å². The van der Waals surface area contributed by atoms with Crippen molar-refractivity contribution in [2.75, 3.05) is 7.05 Å². The average molecular weight is 236 g/mol. The second-order valence-corrected chi connectivity index (χ2v) is 4.83. The van der Waals surface area contributed by atoms with E-state index in [-0.39, 0.29) is 18.0 Å². The molecule has 1 aromatic rings. The van der Waals surface area contributed by atoms with E-state index in [1.54, 1.807) is 22.0 Å². The minimum atomic E-state index is 0.0143. The molecule has 1 heterocycles. The second kappa shape index (κ2) is 4.87. The summed E-state index contributed by atoms with van der Waals surface area (Å²) in [5, 5.41) is 4.02. The highest BCUT2D eigenvalue weighted by molar-refractivity contribution is 5.93. The summed E-state index contributed by atoms with van der Waals surface area (Å²) >= 11 is 0. The highest BCUT2D eigenvalue weighted by Crippen LogP contribution is 2.22. The van der Waals surface area contributed by atoms with Gasteiger partial charge in [0.25, 0.3) is 5.91 Å². The SMILES string of the molecule is CN(C(=O)c1cnn(C)c1)C1CCCCC1N. The van der Waals surface area contributed by atoms with E-state index in [0.717, 1.165) is 19.3 Å². The number of nitrogens with two attached hydrogens (primary N) is 1. The van der Waals surface area contributed by atoms with Gasteiger partial charge in [-0.2, -0.15) is 5.10 Å². The molecule has 0 bridgehead atoms. The van der Waals surface area contributed by atoms with Crippen molar-refractivity contribution < 1.29 is 4.79 Å². The summed E-state index contributed by atoms with van der Waals surface area (Å²) < 4.78 is 1.64. The molecule has 0 radical (unpaired) electrons. The van der Waals surface area contributed by atoms with Crippen molar-refractivity contribution in [3.05, 3.63) is 18.0 Å². The molecule has 2 atom stereocenters. The van der Waals surface area contributed by atoms with Crippen LogP contribution in [0.5, 0.6) is 0 Å². The van der Waals surface area contributed by atoms with Crippen LogP contribution in [-0.4, -0.2) is 39.7 Å². The summed E-state index contributed by atoms with van der Waals surface area (Å²) in [4.78, 5) is 14.0. The van der Waals surface area contributed by atoms with Gasteiger partial charge < -0.3 is 10.6 Å². The number of aromatic nitrogens is 2. The lowest BCUT2D eigenvalue weighted by atomic mass is 9.90. The molecule has 0 spiro atoms. The minimum Gasteiger partial charge on any atom is -0.337 e. The Labute approximate surface area is 102 Å². The van der Waals surface area contributed by atoms with Gasteiger partial charge in [-0.1, -0.05) is 12.8 Å². The van der Waals surface area contributed by atoms with E-state index in [1.807, 2.05) is 14.1 Å². The molecule has 0 saturated heterocycles. The lowest BCUT2D eigenvalue weighted by Gasteiger charge is -2.35. The number of carbonyl (C=O) groups is 1. The van der Waals surface area contributed by atoms with Crippen LogP contribution in [-0.2, 0) is 7.05 Å². The molecule has 0 aromatic carbocycles. The van der Waals surface area contributed by atoms with E-state index in [9.17, 15) is 4.79 Å². The molecular weight excluding hydrogens is 216 g/mol. The zero-order chi connectivity index (χ0) is 12.4. The average Bonchev–Trinajstić information content (AvgIpc) is 2.75. The van der Waals surface area contributed by atoms with E-state index < -0.39 is 0 Å². The second-order valence-electron chi connectivity index (χ2n) is 4.83. The van der Waals surface area contributed by atoms with Crippen LogP contribution in [0.4, 0.5) is 0 Å². The van der Waals surface area contributed by atoms with Crippen LogP contribution < -0.4 is 5.73 Å². The first kappa shape index (κ1) is 12.1. The number of rotatable bonds is 2. The summed E-state index contributed by atoms with van der Waals surface area (Å²) in [5.41, 5.74) is 6.72. The van der Waals surface area contributed by atoms with Crippen molar-refractivity contribution >= 4 is 5.91 Å². The Morgan fingerprint density at radius 2 is 2.24 bits per heavy atom. The Kier molecular flexibility index (Phi) is 3.47. The van der Waals surface area contributed by atoms with E-state index in [1.165, 1.54) is 6.42 Å². The van der Waals surface area contributed by atoms with Crippen LogP contribution in [0.2, 0.25) is 0 Å². The molecular formula is C12H20N4O. The summed E-state index contributed by atoms with van der Waals surface area (Å²) in [6, 6.07) is 0.269. The van der Waals surface area contributed by atoms with Gasteiger partial charge in [-0.3, -0.25) is 9.48 Å². The van der Waals surface area contributed by atoms with Gasteiger partial charge >= 0.3 is 0 Å². The van der Waals surface area contributed by atoms with Crippen LogP contribution in [0.15, 0.2) is 12.4 Å². The molecule has 0 aliphatic heterocycles. The quantitative estimate of drug-likeness (QED) is 0.824. The first-order valence-electron chi connectivity index (χ1n) is 6.11. The first-order chi connectivity index (χ1) is 8.09. The molecule has 1 aromatic heterocycles. The van der Waals surface area contributed by atoms with Crippen molar-refractivity contribution in [3.8, 4) is 0 Å². The summed E-state index contributed by atoms with van der Waals surface area (Å²) in [7, 11) is 3.65. The predicted octanol–water partition coefficient (Wildman–Crippen LogP) is 0.762. The molecule has 1 aliphatic rings. The molecule has 1 aliphatic carbocycles. The zero-order valence-electron chi connectivity index (χ0n) is 10.5. The molecule has 2 unspecified atom stereocenters. The van der Waals surface area contributed by atoms with E-state index in [4.69, 9.17) is 5.73 Å². The van der Waals surface area contributed by atoms with Gasteiger partial charge in [-0.25, -0.2) is 0 Å². The summed E-state index contributed by atoms with van der Waals surface area (Å²) in [5.74, 6) is 0.0143. The lowest BCUT2D eigenvalue weighted by molar-refractivity contribution is 0.0672. The molecule has 2 rings (SSSR count). The smallest absolute Gasteiger partial charge is 0.257 e. The number of aryl methyl sites for hydroxylation is 1. The topological polar surface area (TPSA) is 64.2 Å². The van der Waals surface area contributed by atoms with Crippen molar-refractivity contribution in [1.29, 1.82) is 0 Å². The van der Waals surface area contributed by atoms with Crippen LogP contribution >= 0.6 is 0 Å². The van der Waals surface area contributed by atoms with Gasteiger partial charge in [-0.15, -0.1) is 0 Å². The van der Waals surface area contributed by atoms with Gasteiger partial charge in [0, 0.05) is 32.4 Å². The third kappa shape index (κ3) is 2.49. The maximum atomic E-state index is 12.2. The highest BCUT2D eigenvalue weighted by atomic mass is 16.2.